The van der Waals surface area contributed by atoms with Gasteiger partial charge in [0.05, 0.1) is 13.2 Å². The highest BCUT2D eigenvalue weighted by molar-refractivity contribution is 5.89. The minimum atomic E-state index is -4.43. The molecule has 0 radical (unpaired) electrons. The van der Waals surface area contributed by atoms with Crippen molar-refractivity contribution in [2.75, 3.05) is 39.7 Å². The number of likely N-dealkylation sites (N-methyl/N-ethyl adjacent to an activating group) is 1. The zero-order valence-electron chi connectivity index (χ0n) is 16.4. The van der Waals surface area contributed by atoms with E-state index >= 15 is 0 Å². The predicted molar refractivity (Wildman–Crippen MR) is 104 cm³/mol. The first-order valence-electron chi connectivity index (χ1n) is 8.83. The number of ether oxygens (including phenoxy) is 2. The molecule has 1 atom stereocenters. The molecule has 0 spiro atoms. The van der Waals surface area contributed by atoms with E-state index in [9.17, 15) is 18.0 Å². The van der Waals surface area contributed by atoms with Gasteiger partial charge in [0.1, 0.15) is 11.5 Å². The first kappa shape index (κ1) is 22.4. The molecule has 29 heavy (non-hydrogen) atoms. The zero-order chi connectivity index (χ0) is 21.4. The number of nitrogens with one attached hydrogen (secondary N) is 2. The van der Waals surface area contributed by atoms with Gasteiger partial charge in [0, 0.05) is 18.3 Å². The summed E-state index contributed by atoms with van der Waals surface area (Å²) in [6.45, 7) is -1.07. The Morgan fingerprint density at radius 3 is 2.38 bits per heavy atom. The molecule has 0 fully saturated rings. The van der Waals surface area contributed by atoms with Gasteiger partial charge in [0.15, 0.2) is 6.61 Å². The van der Waals surface area contributed by atoms with Crippen LogP contribution in [0.2, 0.25) is 0 Å². The van der Waals surface area contributed by atoms with Crippen LogP contribution in [0.1, 0.15) is 11.6 Å². The van der Waals surface area contributed by atoms with Crippen LogP contribution in [-0.4, -0.2) is 51.5 Å². The highest BCUT2D eigenvalue weighted by Gasteiger charge is 2.28. The summed E-state index contributed by atoms with van der Waals surface area (Å²) in [5, 5.41) is 5.37. The number of hydrogen-bond acceptors (Lipinski definition) is 4. The van der Waals surface area contributed by atoms with Gasteiger partial charge in [-0.05, 0) is 43.9 Å². The maximum Gasteiger partial charge on any atom is 0.422 e. The van der Waals surface area contributed by atoms with Crippen LogP contribution in [0.5, 0.6) is 11.5 Å². The Morgan fingerprint density at radius 1 is 1.10 bits per heavy atom. The third-order valence-corrected chi connectivity index (χ3v) is 4.07. The summed E-state index contributed by atoms with van der Waals surface area (Å²) in [7, 11) is 5.39. The first-order valence-corrected chi connectivity index (χ1v) is 8.83. The molecule has 0 aromatic heterocycles. The number of anilines is 1. The Kier molecular flexibility index (Phi) is 7.72. The Morgan fingerprint density at radius 2 is 1.79 bits per heavy atom. The minimum Gasteiger partial charge on any atom is -0.497 e. The van der Waals surface area contributed by atoms with E-state index in [1.807, 2.05) is 43.3 Å². The summed E-state index contributed by atoms with van der Waals surface area (Å²) in [5.41, 5.74) is 1.33. The van der Waals surface area contributed by atoms with Crippen LogP contribution in [0, 0.1) is 0 Å². The SMILES string of the molecule is COc1ccc(C(CNC(=O)Nc2cccc(OCC(F)(F)F)c2)N(C)C)cc1. The predicted octanol–water partition coefficient (Wildman–Crippen LogP) is 4.06. The van der Waals surface area contributed by atoms with Crippen LogP contribution in [0.15, 0.2) is 48.5 Å². The molecule has 2 rings (SSSR count). The van der Waals surface area contributed by atoms with Gasteiger partial charge in [0.2, 0.25) is 0 Å². The van der Waals surface area contributed by atoms with Gasteiger partial charge in [0.25, 0.3) is 0 Å². The van der Waals surface area contributed by atoms with E-state index in [0.717, 1.165) is 11.3 Å². The molecular weight excluding hydrogens is 387 g/mol. The second kappa shape index (κ2) is 10.0. The fourth-order valence-electron chi connectivity index (χ4n) is 2.62. The van der Waals surface area contributed by atoms with Crippen molar-refractivity contribution < 1.29 is 27.4 Å². The van der Waals surface area contributed by atoms with Crippen molar-refractivity contribution in [1.29, 1.82) is 0 Å². The Balaban J connectivity index is 1.93. The molecule has 1 unspecified atom stereocenters. The maximum atomic E-state index is 12.3. The minimum absolute atomic E-state index is 0.0181. The highest BCUT2D eigenvalue weighted by atomic mass is 19.4. The molecule has 0 saturated heterocycles. The number of urea groups is 1. The standard InChI is InChI=1S/C20H24F3N3O3/c1-26(2)18(14-7-9-16(28-3)10-8-14)12-24-19(27)25-15-5-4-6-17(11-15)29-13-20(21,22)23/h4-11,18H,12-13H2,1-3H3,(H2,24,25,27). The quantitative estimate of drug-likeness (QED) is 0.688. The summed E-state index contributed by atoms with van der Waals surface area (Å²) in [5.74, 6) is 0.758. The topological polar surface area (TPSA) is 62.8 Å². The van der Waals surface area contributed by atoms with E-state index in [-0.39, 0.29) is 11.8 Å². The third kappa shape index (κ3) is 7.53. The molecule has 9 heteroatoms. The zero-order valence-corrected chi connectivity index (χ0v) is 16.4. The van der Waals surface area contributed by atoms with Crippen molar-refractivity contribution in [2.45, 2.75) is 12.2 Å². The summed E-state index contributed by atoms with van der Waals surface area (Å²) in [6, 6.07) is 12.8. The molecule has 0 bridgehead atoms. The lowest BCUT2D eigenvalue weighted by Crippen LogP contribution is -2.36. The van der Waals surface area contributed by atoms with Gasteiger partial charge in [-0.3, -0.25) is 0 Å². The Labute approximate surface area is 167 Å². The second-order valence-electron chi connectivity index (χ2n) is 6.52. The molecule has 2 aromatic rings. The average Bonchev–Trinajstić information content (AvgIpc) is 2.66. The van der Waals surface area contributed by atoms with Gasteiger partial charge in [-0.25, -0.2) is 4.79 Å². The van der Waals surface area contributed by atoms with Crippen LogP contribution < -0.4 is 20.1 Å². The maximum absolute atomic E-state index is 12.3. The van der Waals surface area contributed by atoms with Crippen LogP contribution >= 0.6 is 0 Å². The van der Waals surface area contributed by atoms with E-state index in [1.165, 1.54) is 18.2 Å². The molecule has 0 saturated carbocycles. The number of methoxy groups -OCH3 is 1. The van der Waals surface area contributed by atoms with Crippen LogP contribution in [0.25, 0.3) is 0 Å². The summed E-state index contributed by atoms with van der Waals surface area (Å²) < 4.78 is 46.6. The van der Waals surface area contributed by atoms with Gasteiger partial charge < -0.3 is 25.0 Å². The number of alkyl halides is 3. The number of rotatable bonds is 8. The normalized spacial score (nSPS) is 12.4. The van der Waals surface area contributed by atoms with Crippen LogP contribution in [0.4, 0.5) is 23.7 Å². The second-order valence-corrected chi connectivity index (χ2v) is 6.52. The van der Waals surface area contributed by atoms with Crippen molar-refractivity contribution >= 4 is 11.7 Å². The fraction of sp³-hybridized carbons (Fsp3) is 0.350. The number of hydrogen-bond donors (Lipinski definition) is 2. The van der Waals surface area contributed by atoms with Crippen molar-refractivity contribution in [3.63, 3.8) is 0 Å². The number of benzene rings is 2. The average molecular weight is 411 g/mol. The molecule has 0 aliphatic rings. The summed E-state index contributed by atoms with van der Waals surface area (Å²) in [4.78, 5) is 14.2. The number of carbonyl (C=O) groups excluding carboxylic acids is 1. The van der Waals surface area contributed by atoms with E-state index < -0.39 is 18.8 Å². The smallest absolute Gasteiger partial charge is 0.422 e. The lowest BCUT2D eigenvalue weighted by atomic mass is 10.1. The van der Waals surface area contributed by atoms with Crippen molar-refractivity contribution in [1.82, 2.24) is 10.2 Å². The largest absolute Gasteiger partial charge is 0.497 e. The summed E-state index contributed by atoms with van der Waals surface area (Å²) in [6.07, 6.45) is -4.43. The molecular formula is C20H24F3N3O3. The monoisotopic (exact) mass is 411 g/mol. The molecule has 2 N–H and O–H groups in total. The Bertz CT molecular complexity index is 796. The van der Waals surface area contributed by atoms with Gasteiger partial charge in [-0.2, -0.15) is 13.2 Å². The number of carbonyl (C=O) groups is 1. The lowest BCUT2D eigenvalue weighted by molar-refractivity contribution is -0.153. The van der Waals surface area contributed by atoms with E-state index in [0.29, 0.717) is 12.2 Å². The first-order chi connectivity index (χ1) is 13.7. The van der Waals surface area contributed by atoms with Crippen molar-refractivity contribution in [3.05, 3.63) is 54.1 Å². The third-order valence-electron chi connectivity index (χ3n) is 4.07. The molecule has 6 nitrogen and oxygen atoms in total. The van der Waals surface area contributed by atoms with Gasteiger partial charge in [-0.1, -0.05) is 18.2 Å². The van der Waals surface area contributed by atoms with Crippen molar-refractivity contribution in [2.24, 2.45) is 0 Å². The number of nitrogens with zero attached hydrogens (tertiary/aromatic N) is 1. The van der Waals surface area contributed by atoms with Crippen LogP contribution in [-0.2, 0) is 0 Å². The number of halogens is 3. The summed E-state index contributed by atoms with van der Waals surface area (Å²) >= 11 is 0. The highest BCUT2D eigenvalue weighted by Crippen LogP contribution is 2.22. The molecule has 0 aliphatic carbocycles. The van der Waals surface area contributed by atoms with Crippen LogP contribution in [0.3, 0.4) is 0 Å². The molecule has 2 amide bonds. The molecule has 0 heterocycles. The van der Waals surface area contributed by atoms with E-state index in [2.05, 4.69) is 15.4 Å². The van der Waals surface area contributed by atoms with E-state index in [4.69, 9.17) is 4.74 Å². The van der Waals surface area contributed by atoms with E-state index in [1.54, 1.807) is 13.2 Å². The lowest BCUT2D eigenvalue weighted by Gasteiger charge is -2.25. The van der Waals surface area contributed by atoms with Crippen molar-refractivity contribution in [3.8, 4) is 11.5 Å². The Hall–Kier alpha value is -2.94. The molecule has 158 valence electrons. The molecule has 2 aromatic carbocycles. The number of amides is 2. The molecule has 0 aliphatic heterocycles. The van der Waals surface area contributed by atoms with Gasteiger partial charge >= 0.3 is 12.2 Å². The van der Waals surface area contributed by atoms with Gasteiger partial charge in [-0.15, -0.1) is 0 Å². The fourth-order valence-corrected chi connectivity index (χ4v) is 2.62.